The van der Waals surface area contributed by atoms with Gasteiger partial charge in [-0.2, -0.15) is 0 Å². The Morgan fingerprint density at radius 3 is 2.48 bits per heavy atom. The first-order valence-electron chi connectivity index (χ1n) is 7.79. The van der Waals surface area contributed by atoms with Crippen molar-refractivity contribution in [2.45, 2.75) is 20.5 Å². The lowest BCUT2D eigenvalue weighted by Gasteiger charge is -2.08. The van der Waals surface area contributed by atoms with Crippen LogP contribution in [0.2, 0.25) is 5.02 Å². The molecule has 1 saturated carbocycles. The van der Waals surface area contributed by atoms with Crippen LogP contribution in [-0.4, -0.2) is 22.1 Å². The van der Waals surface area contributed by atoms with Crippen molar-refractivity contribution in [3.63, 3.8) is 0 Å². The number of aliphatic carboxylic acids is 1. The highest BCUT2D eigenvalue weighted by atomic mass is 35.5. The molecule has 1 aromatic carbocycles. The predicted molar refractivity (Wildman–Crippen MR) is 92.1 cm³/mol. The number of furan rings is 1. The van der Waals surface area contributed by atoms with Crippen molar-refractivity contribution in [2.24, 2.45) is 17.3 Å². The molecule has 0 spiro atoms. The molecule has 7 heteroatoms. The van der Waals surface area contributed by atoms with Crippen LogP contribution in [0.4, 0.5) is 5.69 Å². The monoisotopic (exact) mass is 363 g/mol. The van der Waals surface area contributed by atoms with E-state index in [-0.39, 0.29) is 12.5 Å². The maximum Gasteiger partial charge on any atom is 0.307 e. The highest BCUT2D eigenvalue weighted by Crippen LogP contribution is 2.58. The van der Waals surface area contributed by atoms with Crippen molar-refractivity contribution in [2.75, 3.05) is 5.32 Å². The van der Waals surface area contributed by atoms with Gasteiger partial charge in [0, 0.05) is 11.3 Å². The molecule has 1 heterocycles. The Morgan fingerprint density at radius 1 is 1.24 bits per heavy atom. The zero-order chi connectivity index (χ0) is 18.4. The average molecular weight is 364 g/mol. The number of halogens is 1. The van der Waals surface area contributed by atoms with E-state index in [0.29, 0.717) is 27.8 Å². The van der Waals surface area contributed by atoms with E-state index in [4.69, 9.17) is 21.1 Å². The predicted octanol–water partition coefficient (Wildman–Crippen LogP) is 3.39. The van der Waals surface area contributed by atoms with Crippen LogP contribution in [0.25, 0.3) is 11.3 Å². The van der Waals surface area contributed by atoms with Crippen LogP contribution in [0.15, 0.2) is 34.7 Å². The van der Waals surface area contributed by atoms with Crippen LogP contribution in [0, 0.1) is 17.3 Å². The third kappa shape index (κ3) is 3.15. The van der Waals surface area contributed by atoms with Gasteiger partial charge in [-0.15, -0.1) is 0 Å². The van der Waals surface area contributed by atoms with Gasteiger partial charge in [-0.25, -0.2) is 0 Å². The van der Waals surface area contributed by atoms with E-state index in [0.717, 1.165) is 0 Å². The summed E-state index contributed by atoms with van der Waals surface area (Å²) in [5.41, 5.74) is 0.559. The molecular formula is C18H18ClNO5. The standard InChI is InChI=1S/C18H18ClNO5/c1-18(2)14(15(18)17(23)24)16(22)20-9-3-5-11(12(19)7-9)13-6-4-10(8-21)25-13/h3-7,14-15,21H,8H2,1-2H3,(H,20,22)(H,23,24). The summed E-state index contributed by atoms with van der Waals surface area (Å²) in [6.45, 7) is 3.33. The van der Waals surface area contributed by atoms with Gasteiger partial charge in [-0.05, 0) is 35.7 Å². The summed E-state index contributed by atoms with van der Waals surface area (Å²) in [5, 5.41) is 21.3. The lowest BCUT2D eigenvalue weighted by molar-refractivity contribution is -0.140. The third-order valence-corrected chi connectivity index (χ3v) is 5.01. The maximum atomic E-state index is 12.3. The Balaban J connectivity index is 1.75. The number of carboxylic acids is 1. The normalized spacial score (nSPS) is 21.0. The molecule has 3 N–H and O–H groups in total. The number of nitrogens with one attached hydrogen (secondary N) is 1. The third-order valence-electron chi connectivity index (χ3n) is 4.70. The minimum Gasteiger partial charge on any atom is -0.481 e. The summed E-state index contributed by atoms with van der Waals surface area (Å²) < 4.78 is 5.45. The number of amides is 1. The number of hydrogen-bond acceptors (Lipinski definition) is 4. The van der Waals surface area contributed by atoms with Crippen LogP contribution >= 0.6 is 11.6 Å². The highest BCUT2D eigenvalue weighted by Gasteiger charge is 2.65. The molecule has 2 unspecified atom stereocenters. The molecule has 1 aliphatic carbocycles. The van der Waals surface area contributed by atoms with Crippen molar-refractivity contribution in [3.05, 3.63) is 41.1 Å². The second-order valence-corrected chi connectivity index (χ2v) is 7.13. The van der Waals surface area contributed by atoms with Crippen molar-refractivity contribution in [3.8, 4) is 11.3 Å². The summed E-state index contributed by atoms with van der Waals surface area (Å²) >= 11 is 6.26. The number of carbonyl (C=O) groups excluding carboxylic acids is 1. The first kappa shape index (κ1) is 17.5. The molecule has 1 fully saturated rings. The van der Waals surface area contributed by atoms with E-state index in [1.54, 1.807) is 44.2 Å². The number of hydrogen-bond donors (Lipinski definition) is 3. The van der Waals surface area contributed by atoms with E-state index in [9.17, 15) is 14.7 Å². The van der Waals surface area contributed by atoms with E-state index >= 15 is 0 Å². The number of aliphatic hydroxyl groups excluding tert-OH is 1. The van der Waals surface area contributed by atoms with Crippen LogP contribution in [0.1, 0.15) is 19.6 Å². The second kappa shape index (κ2) is 6.20. The van der Waals surface area contributed by atoms with Crippen molar-refractivity contribution in [1.82, 2.24) is 0 Å². The van der Waals surface area contributed by atoms with Gasteiger partial charge in [0.25, 0.3) is 0 Å². The topological polar surface area (TPSA) is 99.8 Å². The van der Waals surface area contributed by atoms with Gasteiger partial charge in [0.05, 0.1) is 16.9 Å². The lowest BCUT2D eigenvalue weighted by Crippen LogP contribution is -2.17. The quantitative estimate of drug-likeness (QED) is 0.756. The molecule has 2 atom stereocenters. The molecule has 1 aromatic heterocycles. The van der Waals surface area contributed by atoms with Crippen LogP contribution < -0.4 is 5.32 Å². The molecule has 1 amide bonds. The Morgan fingerprint density at radius 2 is 1.96 bits per heavy atom. The number of carboxylic acid groups (broad SMARTS) is 1. The molecule has 25 heavy (non-hydrogen) atoms. The fourth-order valence-corrected chi connectivity index (χ4v) is 3.48. The Labute approximate surface area is 149 Å². The Hall–Kier alpha value is -2.31. The van der Waals surface area contributed by atoms with Gasteiger partial charge in [-0.3, -0.25) is 9.59 Å². The number of rotatable bonds is 5. The van der Waals surface area contributed by atoms with Gasteiger partial charge >= 0.3 is 5.97 Å². The van der Waals surface area contributed by atoms with Crippen molar-refractivity contribution in [1.29, 1.82) is 0 Å². The van der Waals surface area contributed by atoms with Gasteiger partial charge in [0.15, 0.2) is 0 Å². The second-order valence-electron chi connectivity index (χ2n) is 6.72. The summed E-state index contributed by atoms with van der Waals surface area (Å²) in [6, 6.07) is 8.31. The number of anilines is 1. The molecule has 6 nitrogen and oxygen atoms in total. The van der Waals surface area contributed by atoms with E-state index in [2.05, 4.69) is 5.32 Å². The smallest absolute Gasteiger partial charge is 0.307 e. The molecule has 132 valence electrons. The molecule has 0 saturated heterocycles. The SMILES string of the molecule is CC1(C)C(C(=O)O)C1C(=O)Nc1ccc(-c2ccc(CO)o2)c(Cl)c1. The zero-order valence-electron chi connectivity index (χ0n) is 13.7. The fourth-order valence-electron chi connectivity index (χ4n) is 3.21. The van der Waals surface area contributed by atoms with E-state index < -0.39 is 23.2 Å². The largest absolute Gasteiger partial charge is 0.481 e. The minimum absolute atomic E-state index is 0.201. The summed E-state index contributed by atoms with van der Waals surface area (Å²) in [4.78, 5) is 23.5. The molecule has 1 aliphatic rings. The first-order chi connectivity index (χ1) is 11.8. The first-order valence-corrected chi connectivity index (χ1v) is 8.16. The van der Waals surface area contributed by atoms with Gasteiger partial charge in [0.2, 0.25) is 5.91 Å². The van der Waals surface area contributed by atoms with Crippen molar-refractivity contribution < 1.29 is 24.2 Å². The van der Waals surface area contributed by atoms with Crippen LogP contribution in [0.3, 0.4) is 0 Å². The zero-order valence-corrected chi connectivity index (χ0v) is 14.5. The highest BCUT2D eigenvalue weighted by molar-refractivity contribution is 6.33. The average Bonchev–Trinajstić information content (AvgIpc) is 2.90. The van der Waals surface area contributed by atoms with Gasteiger partial charge < -0.3 is 19.9 Å². The van der Waals surface area contributed by atoms with Gasteiger partial charge in [0.1, 0.15) is 18.1 Å². The lowest BCUT2D eigenvalue weighted by atomic mass is 10.1. The van der Waals surface area contributed by atoms with E-state index in [1.165, 1.54) is 0 Å². The number of carbonyl (C=O) groups is 2. The van der Waals surface area contributed by atoms with Crippen LogP contribution in [-0.2, 0) is 16.2 Å². The molecule has 0 aliphatic heterocycles. The number of aliphatic hydroxyl groups is 1. The Bertz CT molecular complexity index is 842. The van der Waals surface area contributed by atoms with Crippen LogP contribution in [0.5, 0.6) is 0 Å². The number of benzene rings is 1. The molecule has 0 radical (unpaired) electrons. The van der Waals surface area contributed by atoms with Gasteiger partial charge in [-0.1, -0.05) is 25.4 Å². The molecule has 3 rings (SSSR count). The molecule has 0 bridgehead atoms. The minimum atomic E-state index is -0.962. The fraction of sp³-hybridized carbons (Fsp3) is 0.333. The maximum absolute atomic E-state index is 12.3. The Kier molecular flexibility index (Phi) is 4.34. The summed E-state index contributed by atoms with van der Waals surface area (Å²) in [6.07, 6.45) is 0. The van der Waals surface area contributed by atoms with E-state index in [1.807, 2.05) is 0 Å². The molecular weight excluding hydrogens is 346 g/mol. The van der Waals surface area contributed by atoms with Crippen molar-refractivity contribution >= 4 is 29.2 Å². The molecule has 2 aromatic rings. The summed E-state index contributed by atoms with van der Waals surface area (Å²) in [7, 11) is 0. The summed E-state index contributed by atoms with van der Waals surface area (Å²) in [5.74, 6) is -1.60.